The number of hydrogen-bond acceptors (Lipinski definition) is 3. The lowest BCUT2D eigenvalue weighted by molar-refractivity contribution is -0.127. The van der Waals surface area contributed by atoms with Crippen molar-refractivity contribution in [1.82, 2.24) is 10.2 Å². The van der Waals surface area contributed by atoms with Gasteiger partial charge in [-0.25, -0.2) is 0 Å². The van der Waals surface area contributed by atoms with E-state index in [2.05, 4.69) is 5.32 Å². The number of hydrogen-bond donors (Lipinski definition) is 2. The van der Waals surface area contributed by atoms with Crippen molar-refractivity contribution in [3.63, 3.8) is 0 Å². The number of nitrogens with two attached hydrogens (primary N) is 1. The molecule has 1 saturated heterocycles. The van der Waals surface area contributed by atoms with Gasteiger partial charge >= 0.3 is 0 Å². The van der Waals surface area contributed by atoms with Crippen LogP contribution in [0.25, 0.3) is 0 Å². The van der Waals surface area contributed by atoms with Crippen LogP contribution >= 0.6 is 12.4 Å². The van der Waals surface area contributed by atoms with E-state index in [4.69, 9.17) is 5.73 Å². The van der Waals surface area contributed by atoms with Gasteiger partial charge in [0.1, 0.15) is 5.54 Å². The summed E-state index contributed by atoms with van der Waals surface area (Å²) in [5, 5.41) is 3.06. The molecule has 0 bridgehead atoms. The third-order valence-corrected chi connectivity index (χ3v) is 5.26. The Morgan fingerprint density at radius 3 is 2.18 bits per heavy atom. The topological polar surface area (TPSA) is 75.4 Å². The average molecular weight is 402 g/mol. The first-order valence-corrected chi connectivity index (χ1v) is 9.39. The number of nitrogens with zero attached hydrogens (tertiary/aromatic N) is 1. The summed E-state index contributed by atoms with van der Waals surface area (Å²) in [6, 6.07) is 17.1. The van der Waals surface area contributed by atoms with E-state index in [9.17, 15) is 9.59 Å². The highest BCUT2D eigenvalue weighted by molar-refractivity contribution is 5.94. The van der Waals surface area contributed by atoms with Crippen molar-refractivity contribution in [2.45, 2.75) is 38.3 Å². The van der Waals surface area contributed by atoms with Crippen LogP contribution in [-0.2, 0) is 10.3 Å². The van der Waals surface area contributed by atoms with E-state index in [1.807, 2.05) is 66.4 Å². The fourth-order valence-corrected chi connectivity index (χ4v) is 3.36. The zero-order valence-electron chi connectivity index (χ0n) is 16.4. The maximum absolute atomic E-state index is 12.7. The van der Waals surface area contributed by atoms with Gasteiger partial charge < -0.3 is 16.0 Å². The Bertz CT molecular complexity index is 798. The second kappa shape index (κ2) is 9.22. The third kappa shape index (κ3) is 4.91. The molecule has 2 aromatic rings. The van der Waals surface area contributed by atoms with Gasteiger partial charge in [-0.1, -0.05) is 48.0 Å². The standard InChI is InChI=1S/C22H27N3O2.ClH/c1-16-8-10-17(11-9-16)20(26)25-14-12-19(13-15-25)24-21(27)22(2,23)18-6-4-3-5-7-18;/h3-11,19H,12-15,23H2,1-2H3,(H,24,27);1H. The minimum absolute atomic E-state index is 0. The van der Waals surface area contributed by atoms with Gasteiger partial charge in [0.15, 0.2) is 0 Å². The van der Waals surface area contributed by atoms with Crippen LogP contribution in [0.4, 0.5) is 0 Å². The molecule has 28 heavy (non-hydrogen) atoms. The van der Waals surface area contributed by atoms with Gasteiger partial charge in [-0.15, -0.1) is 12.4 Å². The Labute approximate surface area is 172 Å². The third-order valence-electron chi connectivity index (χ3n) is 5.26. The quantitative estimate of drug-likeness (QED) is 0.826. The number of carbonyl (C=O) groups excluding carboxylic acids is 2. The lowest BCUT2D eigenvalue weighted by Gasteiger charge is -2.34. The summed E-state index contributed by atoms with van der Waals surface area (Å²) in [5.41, 5.74) is 7.84. The van der Waals surface area contributed by atoms with Gasteiger partial charge in [0.25, 0.3) is 5.91 Å². The van der Waals surface area contributed by atoms with Crippen LogP contribution in [0.15, 0.2) is 54.6 Å². The Morgan fingerprint density at radius 1 is 1.04 bits per heavy atom. The maximum Gasteiger partial charge on any atom is 0.253 e. The van der Waals surface area contributed by atoms with E-state index in [-0.39, 0.29) is 30.3 Å². The second-order valence-corrected chi connectivity index (χ2v) is 7.47. The van der Waals surface area contributed by atoms with E-state index in [0.29, 0.717) is 18.7 Å². The Balaban J connectivity index is 0.00000280. The smallest absolute Gasteiger partial charge is 0.253 e. The lowest BCUT2D eigenvalue weighted by atomic mass is 9.91. The first-order valence-electron chi connectivity index (χ1n) is 9.39. The second-order valence-electron chi connectivity index (χ2n) is 7.47. The number of aryl methyl sites for hydroxylation is 1. The highest BCUT2D eigenvalue weighted by atomic mass is 35.5. The molecule has 0 radical (unpaired) electrons. The predicted molar refractivity (Wildman–Crippen MR) is 113 cm³/mol. The number of rotatable bonds is 4. The van der Waals surface area contributed by atoms with Crippen molar-refractivity contribution in [2.24, 2.45) is 5.73 Å². The minimum Gasteiger partial charge on any atom is -0.351 e. The molecule has 6 heteroatoms. The predicted octanol–water partition coefficient (Wildman–Crippen LogP) is 3.01. The Hall–Kier alpha value is -2.37. The van der Waals surface area contributed by atoms with E-state index < -0.39 is 5.54 Å². The average Bonchev–Trinajstić information content (AvgIpc) is 2.69. The monoisotopic (exact) mass is 401 g/mol. The van der Waals surface area contributed by atoms with Gasteiger partial charge in [0.2, 0.25) is 5.91 Å². The van der Waals surface area contributed by atoms with Crippen molar-refractivity contribution in [2.75, 3.05) is 13.1 Å². The summed E-state index contributed by atoms with van der Waals surface area (Å²) in [7, 11) is 0. The molecular weight excluding hydrogens is 374 g/mol. The Kier molecular flexibility index (Phi) is 7.22. The number of benzene rings is 2. The lowest BCUT2D eigenvalue weighted by Crippen LogP contribution is -2.54. The number of halogens is 1. The fourth-order valence-electron chi connectivity index (χ4n) is 3.36. The molecule has 0 aliphatic carbocycles. The fraction of sp³-hybridized carbons (Fsp3) is 0.364. The summed E-state index contributed by atoms with van der Waals surface area (Å²) < 4.78 is 0. The highest BCUT2D eigenvalue weighted by Crippen LogP contribution is 2.20. The van der Waals surface area contributed by atoms with Gasteiger partial charge in [-0.3, -0.25) is 9.59 Å². The van der Waals surface area contributed by atoms with Crippen molar-refractivity contribution >= 4 is 24.2 Å². The van der Waals surface area contributed by atoms with Crippen LogP contribution in [0.2, 0.25) is 0 Å². The number of piperidine rings is 1. The van der Waals surface area contributed by atoms with Gasteiger partial charge in [0, 0.05) is 24.7 Å². The number of amides is 2. The first-order chi connectivity index (χ1) is 12.9. The van der Waals surface area contributed by atoms with Crippen LogP contribution < -0.4 is 11.1 Å². The van der Waals surface area contributed by atoms with Gasteiger partial charge in [-0.05, 0) is 44.4 Å². The summed E-state index contributed by atoms with van der Waals surface area (Å²) in [4.78, 5) is 27.1. The number of carbonyl (C=O) groups is 2. The summed E-state index contributed by atoms with van der Waals surface area (Å²) in [5.74, 6) is -0.135. The number of nitrogens with one attached hydrogen (secondary N) is 1. The van der Waals surface area contributed by atoms with Crippen LogP contribution in [0.3, 0.4) is 0 Å². The van der Waals surface area contributed by atoms with E-state index in [1.165, 1.54) is 0 Å². The first kappa shape index (κ1) is 21.9. The molecule has 1 heterocycles. The zero-order valence-corrected chi connectivity index (χ0v) is 17.2. The Morgan fingerprint density at radius 2 is 1.61 bits per heavy atom. The van der Waals surface area contributed by atoms with Crippen molar-refractivity contribution < 1.29 is 9.59 Å². The summed E-state index contributed by atoms with van der Waals surface area (Å²) >= 11 is 0. The zero-order chi connectivity index (χ0) is 19.4. The SMILES string of the molecule is Cc1ccc(C(=O)N2CCC(NC(=O)C(C)(N)c3ccccc3)CC2)cc1.Cl. The molecule has 5 nitrogen and oxygen atoms in total. The van der Waals surface area contributed by atoms with Crippen LogP contribution in [-0.4, -0.2) is 35.8 Å². The van der Waals surface area contributed by atoms with Crippen molar-refractivity contribution in [3.05, 3.63) is 71.3 Å². The molecule has 2 aromatic carbocycles. The largest absolute Gasteiger partial charge is 0.351 e. The van der Waals surface area contributed by atoms with Crippen molar-refractivity contribution in [3.8, 4) is 0 Å². The molecule has 3 N–H and O–H groups in total. The van der Waals surface area contributed by atoms with Crippen LogP contribution in [0.5, 0.6) is 0 Å². The molecule has 3 rings (SSSR count). The summed E-state index contributed by atoms with van der Waals surface area (Å²) in [6.45, 7) is 4.99. The molecular formula is C22H28ClN3O2. The maximum atomic E-state index is 12.7. The van der Waals surface area contributed by atoms with Gasteiger partial charge in [-0.2, -0.15) is 0 Å². The summed E-state index contributed by atoms with van der Waals surface area (Å²) in [6.07, 6.45) is 1.46. The molecule has 1 aliphatic rings. The molecule has 2 amide bonds. The van der Waals surface area contributed by atoms with E-state index in [1.54, 1.807) is 6.92 Å². The van der Waals surface area contributed by atoms with Crippen LogP contribution in [0.1, 0.15) is 41.3 Å². The van der Waals surface area contributed by atoms with Crippen LogP contribution in [0, 0.1) is 6.92 Å². The minimum atomic E-state index is -1.07. The normalized spacial score (nSPS) is 16.6. The number of likely N-dealkylation sites (tertiary alicyclic amines) is 1. The molecule has 1 unspecified atom stereocenters. The van der Waals surface area contributed by atoms with E-state index in [0.717, 1.165) is 24.0 Å². The molecule has 1 atom stereocenters. The molecule has 0 saturated carbocycles. The van der Waals surface area contributed by atoms with Crippen molar-refractivity contribution in [1.29, 1.82) is 0 Å². The molecule has 1 fully saturated rings. The molecule has 1 aliphatic heterocycles. The van der Waals surface area contributed by atoms with E-state index >= 15 is 0 Å². The molecule has 0 aromatic heterocycles. The molecule has 150 valence electrons. The molecule has 0 spiro atoms. The highest BCUT2D eigenvalue weighted by Gasteiger charge is 2.33. The van der Waals surface area contributed by atoms with Gasteiger partial charge in [0.05, 0.1) is 0 Å².